The van der Waals surface area contributed by atoms with Gasteiger partial charge in [-0.2, -0.15) is 0 Å². The molecule has 0 radical (unpaired) electrons. The van der Waals surface area contributed by atoms with Gasteiger partial charge in [-0.05, 0) is 30.6 Å². The molecule has 0 spiro atoms. The van der Waals surface area contributed by atoms with E-state index in [-0.39, 0.29) is 11.3 Å². The van der Waals surface area contributed by atoms with Crippen molar-refractivity contribution in [2.24, 2.45) is 17.3 Å². The molecule has 0 aromatic rings. The monoisotopic (exact) mass is 238 g/mol. The third kappa shape index (κ3) is 3.99. The van der Waals surface area contributed by atoms with Crippen molar-refractivity contribution < 1.29 is 14.7 Å². The van der Waals surface area contributed by atoms with Crippen molar-refractivity contribution in [1.29, 1.82) is 0 Å². The summed E-state index contributed by atoms with van der Waals surface area (Å²) in [5.74, 6) is 0.00289. The predicted molar refractivity (Wildman–Crippen MR) is 66.7 cm³/mol. The van der Waals surface area contributed by atoms with E-state index in [1.54, 1.807) is 6.08 Å². The van der Waals surface area contributed by atoms with E-state index in [4.69, 9.17) is 5.11 Å². The Morgan fingerprint density at radius 2 is 2.12 bits per heavy atom. The Kier molecular flexibility index (Phi) is 4.49. The number of hydrogen-bond donors (Lipinski definition) is 1. The highest BCUT2D eigenvalue weighted by molar-refractivity contribution is 5.83. The van der Waals surface area contributed by atoms with Gasteiger partial charge in [-0.25, -0.2) is 4.79 Å². The molecule has 1 saturated carbocycles. The summed E-state index contributed by atoms with van der Waals surface area (Å²) in [5.41, 5.74) is -0.136. The summed E-state index contributed by atoms with van der Waals surface area (Å²) in [6, 6.07) is 0. The highest BCUT2D eigenvalue weighted by Crippen LogP contribution is 2.40. The van der Waals surface area contributed by atoms with Gasteiger partial charge < -0.3 is 5.11 Å². The minimum absolute atomic E-state index is 0.0807. The topological polar surface area (TPSA) is 54.4 Å². The molecule has 2 unspecified atom stereocenters. The molecule has 1 aliphatic rings. The number of aliphatic carboxylic acids is 1. The molecular formula is C14H22O3. The molecule has 1 fully saturated rings. The van der Waals surface area contributed by atoms with Crippen LogP contribution in [-0.2, 0) is 9.59 Å². The van der Waals surface area contributed by atoms with Crippen molar-refractivity contribution >= 4 is 11.8 Å². The summed E-state index contributed by atoms with van der Waals surface area (Å²) in [5, 5.41) is 8.55. The molecule has 0 heterocycles. The Hall–Kier alpha value is -1.12. The van der Waals surface area contributed by atoms with Gasteiger partial charge >= 0.3 is 5.97 Å². The first-order chi connectivity index (χ1) is 7.83. The smallest absolute Gasteiger partial charge is 0.327 e. The van der Waals surface area contributed by atoms with Crippen molar-refractivity contribution in [3.63, 3.8) is 0 Å². The molecule has 17 heavy (non-hydrogen) atoms. The zero-order chi connectivity index (χ0) is 13.1. The second-order valence-corrected chi connectivity index (χ2v) is 5.84. The van der Waals surface area contributed by atoms with Crippen LogP contribution in [0.15, 0.2) is 12.2 Å². The summed E-state index contributed by atoms with van der Waals surface area (Å²) in [4.78, 5) is 22.4. The van der Waals surface area contributed by atoms with E-state index in [1.807, 2.05) is 0 Å². The van der Waals surface area contributed by atoms with Gasteiger partial charge in [0.2, 0.25) is 0 Å². The van der Waals surface area contributed by atoms with Crippen LogP contribution in [0.25, 0.3) is 0 Å². The molecular weight excluding hydrogens is 216 g/mol. The van der Waals surface area contributed by atoms with Crippen LogP contribution in [0.5, 0.6) is 0 Å². The standard InChI is InChI=1S/C14H22O3/c1-10-6-7-11(12(15)9-10)14(2,3)8-4-5-13(16)17/h4-5,10-11H,6-9H2,1-3H3,(H,16,17)/b5-4+. The molecule has 0 bridgehead atoms. The SMILES string of the molecule is CC1CCC(C(C)(C)C/C=C/C(=O)O)C(=O)C1. The van der Waals surface area contributed by atoms with Crippen LogP contribution in [0.3, 0.4) is 0 Å². The minimum Gasteiger partial charge on any atom is -0.478 e. The normalized spacial score (nSPS) is 26.4. The van der Waals surface area contributed by atoms with E-state index in [2.05, 4.69) is 20.8 Å². The van der Waals surface area contributed by atoms with Gasteiger partial charge in [-0.15, -0.1) is 0 Å². The maximum Gasteiger partial charge on any atom is 0.327 e. The van der Waals surface area contributed by atoms with Crippen molar-refractivity contribution in [3.05, 3.63) is 12.2 Å². The van der Waals surface area contributed by atoms with E-state index in [0.29, 0.717) is 24.5 Å². The maximum atomic E-state index is 12.0. The Morgan fingerprint density at radius 3 is 2.65 bits per heavy atom. The number of carboxylic acid groups (broad SMARTS) is 1. The third-order valence-electron chi connectivity index (χ3n) is 3.73. The lowest BCUT2D eigenvalue weighted by Crippen LogP contribution is -2.35. The minimum atomic E-state index is -0.926. The number of ketones is 1. The number of Topliss-reactive ketones (excluding diaryl/α,β-unsaturated/α-hetero) is 1. The molecule has 96 valence electrons. The van der Waals surface area contributed by atoms with Crippen molar-refractivity contribution in [3.8, 4) is 0 Å². The quantitative estimate of drug-likeness (QED) is 0.766. The predicted octanol–water partition coefficient (Wildman–Crippen LogP) is 3.05. The van der Waals surface area contributed by atoms with Gasteiger partial charge in [-0.3, -0.25) is 4.79 Å². The summed E-state index contributed by atoms with van der Waals surface area (Å²) in [6.07, 6.45) is 6.18. The zero-order valence-electron chi connectivity index (χ0n) is 10.9. The first-order valence-electron chi connectivity index (χ1n) is 6.25. The second kappa shape index (κ2) is 5.48. The van der Waals surface area contributed by atoms with Gasteiger partial charge in [0.05, 0.1) is 0 Å². The number of rotatable bonds is 4. The third-order valence-corrected chi connectivity index (χ3v) is 3.73. The van der Waals surface area contributed by atoms with Crippen LogP contribution in [0.2, 0.25) is 0 Å². The molecule has 3 nitrogen and oxygen atoms in total. The Labute approximate surface area is 103 Å². The molecule has 3 heteroatoms. The molecule has 0 aliphatic heterocycles. The Bertz CT molecular complexity index is 328. The van der Waals surface area contributed by atoms with Crippen molar-refractivity contribution in [2.75, 3.05) is 0 Å². The molecule has 0 aromatic heterocycles. The van der Waals surface area contributed by atoms with Gasteiger partial charge in [0.15, 0.2) is 0 Å². The van der Waals surface area contributed by atoms with Crippen LogP contribution >= 0.6 is 0 Å². The number of carbonyl (C=O) groups is 2. The van der Waals surface area contributed by atoms with E-state index < -0.39 is 5.97 Å². The van der Waals surface area contributed by atoms with Gasteiger partial charge in [0, 0.05) is 18.4 Å². The maximum absolute atomic E-state index is 12.0. The van der Waals surface area contributed by atoms with Gasteiger partial charge in [0.25, 0.3) is 0 Å². The highest BCUT2D eigenvalue weighted by atomic mass is 16.4. The molecule has 0 amide bonds. The van der Waals surface area contributed by atoms with E-state index in [0.717, 1.165) is 18.9 Å². The molecule has 1 N–H and O–H groups in total. The fourth-order valence-corrected chi connectivity index (χ4v) is 2.63. The average molecular weight is 238 g/mol. The lowest BCUT2D eigenvalue weighted by Gasteiger charge is -2.36. The van der Waals surface area contributed by atoms with Gasteiger partial charge in [0.1, 0.15) is 5.78 Å². The lowest BCUT2D eigenvalue weighted by molar-refractivity contribution is -0.131. The number of carboxylic acids is 1. The molecule has 1 rings (SSSR count). The lowest BCUT2D eigenvalue weighted by atomic mass is 9.67. The van der Waals surface area contributed by atoms with Crippen LogP contribution in [-0.4, -0.2) is 16.9 Å². The second-order valence-electron chi connectivity index (χ2n) is 5.84. The number of hydrogen-bond acceptors (Lipinski definition) is 2. The van der Waals surface area contributed by atoms with Crippen LogP contribution in [0, 0.1) is 17.3 Å². The molecule has 1 aliphatic carbocycles. The van der Waals surface area contributed by atoms with Crippen LogP contribution < -0.4 is 0 Å². The van der Waals surface area contributed by atoms with Gasteiger partial charge in [-0.1, -0.05) is 26.8 Å². The summed E-state index contributed by atoms with van der Waals surface area (Å²) in [7, 11) is 0. The Balaban J connectivity index is 2.63. The number of allylic oxidation sites excluding steroid dienone is 1. The first kappa shape index (κ1) is 13.9. The van der Waals surface area contributed by atoms with E-state index in [9.17, 15) is 9.59 Å². The Morgan fingerprint density at radius 1 is 1.47 bits per heavy atom. The van der Waals surface area contributed by atoms with Crippen molar-refractivity contribution in [2.45, 2.75) is 46.5 Å². The average Bonchev–Trinajstić information content (AvgIpc) is 2.15. The fraction of sp³-hybridized carbons (Fsp3) is 0.714. The van der Waals surface area contributed by atoms with Crippen LogP contribution in [0.1, 0.15) is 46.5 Å². The van der Waals surface area contributed by atoms with Crippen LogP contribution in [0.4, 0.5) is 0 Å². The van der Waals surface area contributed by atoms with Crippen molar-refractivity contribution in [1.82, 2.24) is 0 Å². The fourth-order valence-electron chi connectivity index (χ4n) is 2.63. The first-order valence-corrected chi connectivity index (χ1v) is 6.25. The molecule has 0 aromatic carbocycles. The number of carbonyl (C=O) groups excluding carboxylic acids is 1. The summed E-state index contributed by atoms with van der Waals surface area (Å²) < 4.78 is 0. The zero-order valence-corrected chi connectivity index (χ0v) is 10.9. The molecule has 2 atom stereocenters. The summed E-state index contributed by atoms with van der Waals surface area (Å²) >= 11 is 0. The molecule has 0 saturated heterocycles. The van der Waals surface area contributed by atoms with E-state index >= 15 is 0 Å². The largest absolute Gasteiger partial charge is 0.478 e. The van der Waals surface area contributed by atoms with E-state index in [1.165, 1.54) is 0 Å². The summed E-state index contributed by atoms with van der Waals surface area (Å²) in [6.45, 7) is 6.22. The highest BCUT2D eigenvalue weighted by Gasteiger charge is 2.37.